The third-order valence-corrected chi connectivity index (χ3v) is 0.729. The Hall–Kier alpha value is -0.240. The zero-order valence-electron chi connectivity index (χ0n) is 7.31. The van der Waals surface area contributed by atoms with E-state index in [1.807, 2.05) is 0 Å². The van der Waals surface area contributed by atoms with Gasteiger partial charge in [-0.2, -0.15) is 5.06 Å². The Bertz CT molecular complexity index is 99.0. The zero-order valence-corrected chi connectivity index (χ0v) is 7.31. The van der Waals surface area contributed by atoms with E-state index in [2.05, 4.69) is 4.84 Å². The highest BCUT2D eigenvalue weighted by Crippen LogP contribution is 1.88. The third-order valence-electron chi connectivity index (χ3n) is 0.729. The smallest absolute Gasteiger partial charge is 0.148 e. The molecule has 68 valence electrons. The number of hydroxylamine groups is 6. The summed E-state index contributed by atoms with van der Waals surface area (Å²) in [6, 6.07) is 0. The standard InChI is InChI=1S/C5H15N3O3/c1-6(2)11-7(3)5-10-8(4)9/h9H,5H2,1-4H3. The van der Waals surface area contributed by atoms with Crippen LogP contribution in [-0.2, 0) is 9.78 Å². The Labute approximate surface area is 66.3 Å². The summed E-state index contributed by atoms with van der Waals surface area (Å²) < 4.78 is 0. The van der Waals surface area contributed by atoms with Gasteiger partial charge in [0.25, 0.3) is 0 Å². The Morgan fingerprint density at radius 2 is 1.73 bits per heavy atom. The lowest BCUT2D eigenvalue weighted by Crippen LogP contribution is -2.31. The molecule has 0 spiro atoms. The van der Waals surface area contributed by atoms with Gasteiger partial charge in [-0.3, -0.25) is 10.0 Å². The van der Waals surface area contributed by atoms with E-state index in [1.165, 1.54) is 17.2 Å². The Morgan fingerprint density at radius 1 is 1.18 bits per heavy atom. The van der Waals surface area contributed by atoms with E-state index in [-0.39, 0.29) is 6.73 Å². The molecule has 0 aliphatic heterocycles. The molecule has 0 atom stereocenters. The first-order chi connectivity index (χ1) is 5.02. The van der Waals surface area contributed by atoms with Gasteiger partial charge in [0, 0.05) is 28.2 Å². The van der Waals surface area contributed by atoms with Crippen LogP contribution in [0.1, 0.15) is 0 Å². The number of rotatable bonds is 5. The molecule has 0 aliphatic carbocycles. The van der Waals surface area contributed by atoms with Crippen molar-refractivity contribution >= 4 is 0 Å². The van der Waals surface area contributed by atoms with Crippen LogP contribution in [-0.4, -0.2) is 55.5 Å². The van der Waals surface area contributed by atoms with Crippen molar-refractivity contribution in [1.29, 1.82) is 0 Å². The highest BCUT2D eigenvalue weighted by Gasteiger charge is 2.00. The average Bonchev–Trinajstić information content (AvgIpc) is 1.82. The van der Waals surface area contributed by atoms with Gasteiger partial charge < -0.3 is 0 Å². The summed E-state index contributed by atoms with van der Waals surface area (Å²) in [4.78, 5) is 9.67. The summed E-state index contributed by atoms with van der Waals surface area (Å²) >= 11 is 0. The lowest BCUT2D eigenvalue weighted by Gasteiger charge is -2.20. The van der Waals surface area contributed by atoms with Crippen LogP contribution in [0.15, 0.2) is 0 Å². The molecule has 0 saturated heterocycles. The lowest BCUT2D eigenvalue weighted by molar-refractivity contribution is -0.391. The van der Waals surface area contributed by atoms with Gasteiger partial charge in [0.2, 0.25) is 0 Å². The van der Waals surface area contributed by atoms with Gasteiger partial charge in [0.05, 0.1) is 0 Å². The van der Waals surface area contributed by atoms with E-state index in [4.69, 9.17) is 10.1 Å². The molecule has 0 aliphatic rings. The fraction of sp³-hybridized carbons (Fsp3) is 1.00. The number of hydrogen-bond acceptors (Lipinski definition) is 6. The summed E-state index contributed by atoms with van der Waals surface area (Å²) in [7, 11) is 6.56. The molecule has 0 fully saturated rings. The van der Waals surface area contributed by atoms with Crippen molar-refractivity contribution < 1.29 is 15.0 Å². The molecule has 0 unspecified atom stereocenters. The van der Waals surface area contributed by atoms with Crippen LogP contribution in [0.3, 0.4) is 0 Å². The first kappa shape index (κ1) is 10.8. The van der Waals surface area contributed by atoms with Gasteiger partial charge in [-0.25, -0.2) is 4.94 Å². The van der Waals surface area contributed by atoms with Gasteiger partial charge in [0.1, 0.15) is 6.73 Å². The van der Waals surface area contributed by atoms with Crippen LogP contribution in [0, 0.1) is 0 Å². The van der Waals surface area contributed by atoms with Crippen molar-refractivity contribution in [3.05, 3.63) is 0 Å². The molecule has 1 N–H and O–H groups in total. The monoisotopic (exact) mass is 165 g/mol. The Kier molecular flexibility index (Phi) is 5.30. The highest BCUT2D eigenvalue weighted by molar-refractivity contribution is 4.15. The van der Waals surface area contributed by atoms with Gasteiger partial charge >= 0.3 is 0 Å². The van der Waals surface area contributed by atoms with Crippen molar-refractivity contribution in [2.75, 3.05) is 34.9 Å². The zero-order chi connectivity index (χ0) is 8.85. The topological polar surface area (TPSA) is 48.4 Å². The van der Waals surface area contributed by atoms with Gasteiger partial charge in [-0.05, 0) is 0 Å². The summed E-state index contributed by atoms with van der Waals surface area (Å²) in [5, 5.41) is 12.1. The van der Waals surface area contributed by atoms with E-state index < -0.39 is 0 Å². The maximum atomic E-state index is 8.55. The quantitative estimate of drug-likeness (QED) is 0.439. The molecule has 0 rings (SSSR count). The molecular formula is C5H15N3O3. The lowest BCUT2D eigenvalue weighted by atomic mass is 11.1. The van der Waals surface area contributed by atoms with E-state index >= 15 is 0 Å². The van der Waals surface area contributed by atoms with Crippen LogP contribution < -0.4 is 0 Å². The molecular weight excluding hydrogens is 150 g/mol. The first-order valence-corrected chi connectivity index (χ1v) is 3.14. The second-order valence-corrected chi connectivity index (χ2v) is 2.24. The maximum Gasteiger partial charge on any atom is 0.148 e. The Morgan fingerprint density at radius 3 is 2.09 bits per heavy atom. The van der Waals surface area contributed by atoms with Crippen LogP contribution in [0.4, 0.5) is 0 Å². The minimum Gasteiger partial charge on any atom is -0.290 e. The predicted molar refractivity (Wildman–Crippen MR) is 38.0 cm³/mol. The van der Waals surface area contributed by atoms with Crippen LogP contribution in [0.25, 0.3) is 0 Å². The van der Waals surface area contributed by atoms with Gasteiger partial charge in [-0.15, -0.1) is 5.06 Å². The van der Waals surface area contributed by atoms with E-state index in [9.17, 15) is 0 Å². The van der Waals surface area contributed by atoms with E-state index in [0.717, 1.165) is 0 Å². The minimum atomic E-state index is 0.158. The molecule has 0 heterocycles. The third kappa shape index (κ3) is 7.66. The van der Waals surface area contributed by atoms with E-state index in [0.29, 0.717) is 5.23 Å². The maximum absolute atomic E-state index is 8.55. The van der Waals surface area contributed by atoms with Crippen molar-refractivity contribution in [3.63, 3.8) is 0 Å². The molecule has 6 nitrogen and oxygen atoms in total. The summed E-state index contributed by atoms with van der Waals surface area (Å²) in [5.74, 6) is 0. The second-order valence-electron chi connectivity index (χ2n) is 2.24. The highest BCUT2D eigenvalue weighted by atomic mass is 16.9. The van der Waals surface area contributed by atoms with Crippen molar-refractivity contribution in [2.24, 2.45) is 0 Å². The molecule has 0 radical (unpaired) electrons. The number of hydrogen-bond donors (Lipinski definition) is 1. The average molecular weight is 165 g/mol. The fourth-order valence-electron chi connectivity index (χ4n) is 0.467. The van der Waals surface area contributed by atoms with Crippen LogP contribution in [0.2, 0.25) is 0 Å². The van der Waals surface area contributed by atoms with Crippen molar-refractivity contribution in [2.45, 2.75) is 0 Å². The summed E-state index contributed by atoms with van der Waals surface area (Å²) in [6.45, 7) is 0.158. The fourth-order valence-corrected chi connectivity index (χ4v) is 0.467. The molecule has 0 amide bonds. The van der Waals surface area contributed by atoms with Crippen molar-refractivity contribution in [3.8, 4) is 0 Å². The molecule has 0 aromatic carbocycles. The molecule has 11 heavy (non-hydrogen) atoms. The molecule has 6 heteroatoms. The minimum absolute atomic E-state index is 0.158. The van der Waals surface area contributed by atoms with Gasteiger partial charge in [-0.1, -0.05) is 5.23 Å². The molecule has 0 aromatic rings. The Balaban J connectivity index is 3.29. The summed E-state index contributed by atoms with van der Waals surface area (Å²) in [5.41, 5.74) is 0. The predicted octanol–water partition coefficient (Wildman–Crippen LogP) is -0.463. The first-order valence-electron chi connectivity index (χ1n) is 3.14. The van der Waals surface area contributed by atoms with E-state index in [1.54, 1.807) is 21.1 Å². The normalized spacial score (nSPS) is 12.0. The van der Waals surface area contributed by atoms with Crippen molar-refractivity contribution in [1.82, 2.24) is 15.4 Å². The molecule has 0 bridgehead atoms. The molecule has 0 saturated carbocycles. The van der Waals surface area contributed by atoms with Crippen LogP contribution >= 0.6 is 0 Å². The van der Waals surface area contributed by atoms with Gasteiger partial charge in [0.15, 0.2) is 0 Å². The number of nitrogens with zero attached hydrogens (tertiary/aromatic N) is 3. The second kappa shape index (κ2) is 5.42. The van der Waals surface area contributed by atoms with Crippen LogP contribution in [0.5, 0.6) is 0 Å². The summed E-state index contributed by atoms with van der Waals surface area (Å²) in [6.07, 6.45) is 0. The SMILES string of the molecule is CN(C)ON(C)CON(C)O. The largest absolute Gasteiger partial charge is 0.290 e. The molecule has 0 aromatic heterocycles.